The molecule has 57 heavy (non-hydrogen) atoms. The number of rotatable bonds is 5. The van der Waals surface area contributed by atoms with Crippen LogP contribution in [0.25, 0.3) is 99.6 Å². The lowest BCUT2D eigenvalue weighted by Crippen LogP contribution is -2.07. The number of nitrogens with zero attached hydrogens (tertiary/aromatic N) is 5. The smallest absolute Gasteiger partial charge is 0.235 e. The van der Waals surface area contributed by atoms with Crippen LogP contribution in [0.4, 0.5) is 0 Å². The highest BCUT2D eigenvalue weighted by Crippen LogP contribution is 2.42. The maximum absolute atomic E-state index is 5.49. The first-order valence-corrected chi connectivity index (χ1v) is 19.7. The van der Waals surface area contributed by atoms with Gasteiger partial charge < -0.3 is 9.13 Å². The zero-order valence-corrected chi connectivity index (χ0v) is 31.0. The van der Waals surface area contributed by atoms with Crippen LogP contribution in [-0.2, 0) is 0 Å². The molecule has 0 amide bonds. The number of hydrogen-bond donors (Lipinski definition) is 0. The van der Waals surface area contributed by atoms with Gasteiger partial charge in [0.05, 0.1) is 44.5 Å². The van der Waals surface area contributed by atoms with E-state index in [-0.39, 0.29) is 0 Å². The molecule has 1 aliphatic rings. The molecule has 12 rings (SSSR count). The summed E-state index contributed by atoms with van der Waals surface area (Å²) in [5.41, 5.74) is 13.2. The number of para-hydroxylation sites is 5. The third-order valence-corrected chi connectivity index (χ3v) is 11.7. The molecule has 1 aliphatic carbocycles. The molecule has 4 heterocycles. The number of allylic oxidation sites excluding steroid dienone is 4. The van der Waals surface area contributed by atoms with Gasteiger partial charge in [0, 0.05) is 49.3 Å². The van der Waals surface area contributed by atoms with Crippen LogP contribution in [0.5, 0.6) is 0 Å². The third kappa shape index (κ3) is 4.82. The predicted molar refractivity (Wildman–Crippen MR) is 237 cm³/mol. The monoisotopic (exact) mass is 729 g/mol. The standard InChI is InChI=1S/C52H35N5/c1-3-15-34(16-4-1)44-33-45(35-27-29-37(30-28-35)55-46-23-11-7-19-38(46)39-20-8-12-24-47(39)55)54-52(53-44)57-49-26-14-10-22-41(49)43-32-31-42-40-21-9-13-25-48(40)56(50(42)51(43)57)36-17-5-2-6-18-36/h1-3,5-15,17-33H,4,16H2. The van der Waals surface area contributed by atoms with E-state index in [0.29, 0.717) is 5.95 Å². The molecular formula is C52H35N5. The van der Waals surface area contributed by atoms with Gasteiger partial charge >= 0.3 is 0 Å². The van der Waals surface area contributed by atoms with Gasteiger partial charge in [-0.2, -0.15) is 0 Å². The molecule has 0 atom stereocenters. The van der Waals surface area contributed by atoms with E-state index in [1.165, 1.54) is 54.4 Å². The van der Waals surface area contributed by atoms with E-state index in [2.05, 4.69) is 202 Å². The molecule has 0 saturated carbocycles. The largest absolute Gasteiger partial charge is 0.309 e. The number of hydrogen-bond acceptors (Lipinski definition) is 2. The van der Waals surface area contributed by atoms with Gasteiger partial charge in [-0.15, -0.1) is 0 Å². The molecule has 0 aliphatic heterocycles. The minimum Gasteiger partial charge on any atom is -0.309 e. The molecule has 7 aromatic carbocycles. The fourth-order valence-corrected chi connectivity index (χ4v) is 9.20. The van der Waals surface area contributed by atoms with Crippen LogP contribution < -0.4 is 0 Å². The van der Waals surface area contributed by atoms with Crippen molar-refractivity contribution in [1.29, 1.82) is 0 Å². The van der Waals surface area contributed by atoms with Gasteiger partial charge in [0.15, 0.2) is 0 Å². The Morgan fingerprint density at radius 3 is 1.49 bits per heavy atom. The maximum Gasteiger partial charge on any atom is 0.235 e. The van der Waals surface area contributed by atoms with Crippen molar-refractivity contribution in [2.24, 2.45) is 0 Å². The Kier molecular flexibility index (Phi) is 6.99. The van der Waals surface area contributed by atoms with E-state index in [0.717, 1.165) is 57.7 Å². The van der Waals surface area contributed by atoms with Crippen molar-refractivity contribution < 1.29 is 0 Å². The van der Waals surface area contributed by atoms with Crippen molar-refractivity contribution in [3.63, 3.8) is 0 Å². The van der Waals surface area contributed by atoms with Crippen LogP contribution in [0.1, 0.15) is 18.5 Å². The summed E-state index contributed by atoms with van der Waals surface area (Å²) < 4.78 is 7.08. The summed E-state index contributed by atoms with van der Waals surface area (Å²) in [5, 5.41) is 7.26. The zero-order chi connectivity index (χ0) is 37.5. The summed E-state index contributed by atoms with van der Waals surface area (Å²) in [6.45, 7) is 0. The lowest BCUT2D eigenvalue weighted by atomic mass is 10.0. The molecule has 11 aromatic rings. The average molecular weight is 730 g/mol. The van der Waals surface area contributed by atoms with Crippen LogP contribution in [0.2, 0.25) is 0 Å². The second-order valence-corrected chi connectivity index (χ2v) is 14.9. The summed E-state index contributed by atoms with van der Waals surface area (Å²) >= 11 is 0. The summed E-state index contributed by atoms with van der Waals surface area (Å²) in [6.07, 6.45) is 8.51. The summed E-state index contributed by atoms with van der Waals surface area (Å²) in [4.78, 5) is 10.9. The van der Waals surface area contributed by atoms with E-state index >= 15 is 0 Å². The Balaban J connectivity index is 1.13. The van der Waals surface area contributed by atoms with Crippen molar-refractivity contribution >= 4 is 71.0 Å². The van der Waals surface area contributed by atoms with Crippen LogP contribution in [-0.4, -0.2) is 23.7 Å². The number of aromatic nitrogens is 5. The fraction of sp³-hybridized carbons (Fsp3) is 0.0385. The van der Waals surface area contributed by atoms with Gasteiger partial charge in [-0.05, 0) is 73.0 Å². The highest BCUT2D eigenvalue weighted by atomic mass is 15.2. The Labute approximate surface area is 328 Å². The Morgan fingerprint density at radius 1 is 0.404 bits per heavy atom. The van der Waals surface area contributed by atoms with E-state index in [1.807, 2.05) is 0 Å². The Hall–Kier alpha value is -7.50. The van der Waals surface area contributed by atoms with E-state index in [1.54, 1.807) is 0 Å². The SMILES string of the molecule is C1=CCCC(c2cc(-c3ccc(-n4c5ccccc5c5ccccc54)cc3)nc(-n3c4ccccc4c4ccc5c6ccccc6n(-c6ccccc6)c5c43)n2)=C1. The first-order chi connectivity index (χ1) is 28.3. The van der Waals surface area contributed by atoms with E-state index in [9.17, 15) is 0 Å². The molecule has 268 valence electrons. The zero-order valence-electron chi connectivity index (χ0n) is 31.0. The molecule has 0 bridgehead atoms. The minimum absolute atomic E-state index is 0.660. The quantitative estimate of drug-likeness (QED) is 0.177. The molecule has 0 spiro atoms. The van der Waals surface area contributed by atoms with Crippen LogP contribution in [0, 0.1) is 0 Å². The predicted octanol–water partition coefficient (Wildman–Crippen LogP) is 13.2. The van der Waals surface area contributed by atoms with Crippen molar-refractivity contribution in [1.82, 2.24) is 23.7 Å². The normalized spacial score (nSPS) is 13.2. The average Bonchev–Trinajstić information content (AvgIpc) is 3.93. The van der Waals surface area contributed by atoms with E-state index in [4.69, 9.17) is 9.97 Å². The van der Waals surface area contributed by atoms with Crippen LogP contribution in [0.15, 0.2) is 188 Å². The Morgan fingerprint density at radius 2 is 0.895 bits per heavy atom. The lowest BCUT2D eigenvalue weighted by molar-refractivity contribution is 0.965. The molecule has 0 N–H and O–H groups in total. The van der Waals surface area contributed by atoms with E-state index < -0.39 is 0 Å². The highest BCUT2D eigenvalue weighted by molar-refractivity contribution is 6.23. The molecule has 0 radical (unpaired) electrons. The second-order valence-electron chi connectivity index (χ2n) is 14.9. The molecule has 5 heteroatoms. The maximum atomic E-state index is 5.49. The highest BCUT2D eigenvalue weighted by Gasteiger charge is 2.23. The second kappa shape index (κ2) is 12.5. The summed E-state index contributed by atoms with van der Waals surface area (Å²) in [6, 6.07) is 61.0. The molecule has 4 aromatic heterocycles. The molecular weight excluding hydrogens is 695 g/mol. The summed E-state index contributed by atoms with van der Waals surface area (Å²) in [7, 11) is 0. The van der Waals surface area contributed by atoms with Gasteiger partial charge in [0.25, 0.3) is 0 Å². The van der Waals surface area contributed by atoms with Crippen molar-refractivity contribution in [2.45, 2.75) is 12.8 Å². The molecule has 0 unspecified atom stereocenters. The van der Waals surface area contributed by atoms with Crippen molar-refractivity contribution in [3.05, 3.63) is 194 Å². The van der Waals surface area contributed by atoms with Gasteiger partial charge in [0.1, 0.15) is 0 Å². The first-order valence-electron chi connectivity index (χ1n) is 19.7. The Bertz CT molecular complexity index is 3400. The van der Waals surface area contributed by atoms with Gasteiger partial charge in [0.2, 0.25) is 5.95 Å². The molecule has 5 nitrogen and oxygen atoms in total. The number of benzene rings is 7. The van der Waals surface area contributed by atoms with Crippen molar-refractivity contribution in [3.8, 4) is 28.6 Å². The molecule has 0 fully saturated rings. The van der Waals surface area contributed by atoms with Crippen molar-refractivity contribution in [2.75, 3.05) is 0 Å². The van der Waals surface area contributed by atoms with Gasteiger partial charge in [-0.1, -0.05) is 133 Å². The van der Waals surface area contributed by atoms with Crippen LogP contribution in [0.3, 0.4) is 0 Å². The summed E-state index contributed by atoms with van der Waals surface area (Å²) in [5.74, 6) is 0.660. The van der Waals surface area contributed by atoms with Gasteiger partial charge in [-0.3, -0.25) is 4.57 Å². The molecule has 0 saturated heterocycles. The first kappa shape index (κ1) is 31.8. The van der Waals surface area contributed by atoms with Crippen LogP contribution >= 0.6 is 0 Å². The number of fused-ring (bicyclic) bond motifs is 10. The third-order valence-electron chi connectivity index (χ3n) is 11.7. The topological polar surface area (TPSA) is 40.6 Å². The fourth-order valence-electron chi connectivity index (χ4n) is 9.20. The van der Waals surface area contributed by atoms with Gasteiger partial charge in [-0.25, -0.2) is 9.97 Å². The lowest BCUT2D eigenvalue weighted by Gasteiger charge is -2.15. The minimum atomic E-state index is 0.660.